The van der Waals surface area contributed by atoms with E-state index in [1.165, 1.54) is 6.92 Å². The van der Waals surface area contributed by atoms with Gasteiger partial charge in [0.25, 0.3) is 17.4 Å². The number of rotatable bonds is 3. The Kier molecular flexibility index (Phi) is 3.73. The lowest BCUT2D eigenvalue weighted by atomic mass is 10.0. The fourth-order valence-electron chi connectivity index (χ4n) is 2.40. The van der Waals surface area contributed by atoms with Crippen molar-refractivity contribution >= 4 is 23.3 Å². The molecule has 1 aromatic carbocycles. The van der Waals surface area contributed by atoms with Crippen molar-refractivity contribution < 1.29 is 14.3 Å². The average Bonchev–Trinajstić information content (AvgIpc) is 2.56. The Labute approximate surface area is 133 Å². The molecule has 0 saturated carbocycles. The van der Waals surface area contributed by atoms with Crippen molar-refractivity contribution in [3.05, 3.63) is 48.2 Å². The minimum Gasteiger partial charge on any atom is -0.464 e. The van der Waals surface area contributed by atoms with Gasteiger partial charge in [0.1, 0.15) is 0 Å². The zero-order valence-electron chi connectivity index (χ0n) is 12.9. The van der Waals surface area contributed by atoms with Crippen molar-refractivity contribution in [1.29, 1.82) is 0 Å². The molecule has 1 aromatic heterocycles. The predicted molar refractivity (Wildman–Crippen MR) is 86.3 cm³/mol. The molecule has 1 atom stereocenters. The van der Waals surface area contributed by atoms with Crippen LogP contribution in [0, 0.1) is 0 Å². The lowest BCUT2D eigenvalue weighted by Gasteiger charge is -2.32. The SMILES string of the molecule is CCc1ccccc1NC(=O)[C@@]1(C)Oc2cccnc2NC1=O. The molecular weight excluding hydrogens is 294 g/mol. The van der Waals surface area contributed by atoms with Crippen LogP contribution in [-0.4, -0.2) is 22.4 Å². The zero-order valence-corrected chi connectivity index (χ0v) is 12.9. The highest BCUT2D eigenvalue weighted by Gasteiger charge is 2.47. The molecule has 2 amide bonds. The van der Waals surface area contributed by atoms with Crippen LogP contribution in [0.5, 0.6) is 5.75 Å². The van der Waals surface area contributed by atoms with Gasteiger partial charge in [0, 0.05) is 11.9 Å². The molecule has 23 heavy (non-hydrogen) atoms. The molecule has 0 unspecified atom stereocenters. The highest BCUT2D eigenvalue weighted by Crippen LogP contribution is 2.32. The molecule has 6 heteroatoms. The molecule has 6 nitrogen and oxygen atoms in total. The van der Waals surface area contributed by atoms with Crippen LogP contribution in [0.1, 0.15) is 19.4 Å². The number of benzene rings is 1. The number of nitrogens with zero attached hydrogens (tertiary/aromatic N) is 1. The van der Waals surface area contributed by atoms with Gasteiger partial charge in [-0.3, -0.25) is 9.59 Å². The molecule has 118 valence electrons. The van der Waals surface area contributed by atoms with E-state index in [2.05, 4.69) is 15.6 Å². The smallest absolute Gasteiger partial charge is 0.279 e. The summed E-state index contributed by atoms with van der Waals surface area (Å²) in [6, 6.07) is 10.8. The molecule has 0 bridgehead atoms. The number of carbonyl (C=O) groups is 2. The van der Waals surface area contributed by atoms with Crippen LogP contribution in [0.3, 0.4) is 0 Å². The fraction of sp³-hybridized carbons (Fsp3) is 0.235. The van der Waals surface area contributed by atoms with Crippen LogP contribution >= 0.6 is 0 Å². The van der Waals surface area contributed by atoms with E-state index >= 15 is 0 Å². The lowest BCUT2D eigenvalue weighted by molar-refractivity contribution is -0.143. The number of hydrogen-bond donors (Lipinski definition) is 2. The van der Waals surface area contributed by atoms with Crippen molar-refractivity contribution in [2.75, 3.05) is 10.6 Å². The second-order valence-corrected chi connectivity index (χ2v) is 5.40. The molecule has 0 fully saturated rings. The van der Waals surface area contributed by atoms with E-state index in [4.69, 9.17) is 4.74 Å². The Bertz CT molecular complexity index is 775. The summed E-state index contributed by atoms with van der Waals surface area (Å²) < 4.78 is 5.65. The van der Waals surface area contributed by atoms with Gasteiger partial charge in [0.2, 0.25) is 0 Å². The molecule has 0 aliphatic carbocycles. The Morgan fingerprint density at radius 2 is 2.09 bits per heavy atom. The summed E-state index contributed by atoms with van der Waals surface area (Å²) in [7, 11) is 0. The van der Waals surface area contributed by atoms with E-state index in [0.29, 0.717) is 17.3 Å². The van der Waals surface area contributed by atoms with E-state index in [1.807, 2.05) is 25.1 Å². The molecule has 0 radical (unpaired) electrons. The van der Waals surface area contributed by atoms with Gasteiger partial charge in [-0.05, 0) is 37.1 Å². The third-order valence-corrected chi connectivity index (χ3v) is 3.83. The summed E-state index contributed by atoms with van der Waals surface area (Å²) in [5, 5.41) is 5.40. The molecule has 1 aliphatic heterocycles. The highest BCUT2D eigenvalue weighted by atomic mass is 16.5. The van der Waals surface area contributed by atoms with Gasteiger partial charge in [-0.15, -0.1) is 0 Å². The molecule has 1 aliphatic rings. The molecule has 2 aromatic rings. The number of aryl methyl sites for hydroxylation is 1. The molecule has 2 N–H and O–H groups in total. The number of anilines is 2. The van der Waals surface area contributed by atoms with Crippen molar-refractivity contribution in [1.82, 2.24) is 4.98 Å². The van der Waals surface area contributed by atoms with Crippen LogP contribution in [-0.2, 0) is 16.0 Å². The first kappa shape index (κ1) is 15.0. The van der Waals surface area contributed by atoms with Crippen molar-refractivity contribution in [2.24, 2.45) is 0 Å². The first-order valence-electron chi connectivity index (χ1n) is 7.39. The zero-order chi connectivity index (χ0) is 16.4. The number of pyridine rings is 1. The van der Waals surface area contributed by atoms with Crippen molar-refractivity contribution in [2.45, 2.75) is 25.9 Å². The van der Waals surface area contributed by atoms with Crippen LogP contribution in [0.2, 0.25) is 0 Å². The average molecular weight is 311 g/mol. The number of carbonyl (C=O) groups excluding carboxylic acids is 2. The lowest BCUT2D eigenvalue weighted by Crippen LogP contribution is -2.56. The van der Waals surface area contributed by atoms with E-state index in [0.717, 1.165) is 12.0 Å². The maximum atomic E-state index is 12.7. The number of hydrogen-bond acceptors (Lipinski definition) is 4. The summed E-state index contributed by atoms with van der Waals surface area (Å²) in [6.45, 7) is 3.45. The third kappa shape index (κ3) is 2.63. The first-order valence-corrected chi connectivity index (χ1v) is 7.39. The molecular formula is C17H17N3O3. The summed E-state index contributed by atoms with van der Waals surface area (Å²) in [4.78, 5) is 29.0. The fourth-order valence-corrected chi connectivity index (χ4v) is 2.40. The summed E-state index contributed by atoms with van der Waals surface area (Å²) >= 11 is 0. The van der Waals surface area contributed by atoms with E-state index < -0.39 is 17.4 Å². The van der Waals surface area contributed by atoms with Gasteiger partial charge < -0.3 is 15.4 Å². The topological polar surface area (TPSA) is 80.3 Å². The van der Waals surface area contributed by atoms with E-state index in [9.17, 15) is 9.59 Å². The highest BCUT2D eigenvalue weighted by molar-refractivity contribution is 6.18. The quantitative estimate of drug-likeness (QED) is 0.853. The Morgan fingerprint density at radius 1 is 1.30 bits per heavy atom. The predicted octanol–water partition coefficient (Wildman–Crippen LogP) is 2.37. The van der Waals surface area contributed by atoms with Gasteiger partial charge >= 0.3 is 0 Å². The van der Waals surface area contributed by atoms with Gasteiger partial charge in [0.15, 0.2) is 11.6 Å². The normalized spacial score (nSPS) is 19.3. The number of amides is 2. The van der Waals surface area contributed by atoms with Gasteiger partial charge in [-0.2, -0.15) is 0 Å². The van der Waals surface area contributed by atoms with Gasteiger partial charge in [-0.25, -0.2) is 4.98 Å². The van der Waals surface area contributed by atoms with Crippen molar-refractivity contribution in [3.8, 4) is 5.75 Å². The Hall–Kier alpha value is -2.89. The van der Waals surface area contributed by atoms with Gasteiger partial charge in [0.05, 0.1) is 0 Å². The first-order chi connectivity index (χ1) is 11.0. The standard InChI is InChI=1S/C17H17N3O3/c1-3-11-7-4-5-8-12(11)19-15(21)17(2)16(22)20-14-13(23-17)9-6-10-18-14/h4-10H,3H2,1-2H3,(H,19,21)(H,18,20,22)/t17-/m1/s1. The molecule has 3 rings (SSSR count). The minimum atomic E-state index is -1.66. The maximum absolute atomic E-state index is 12.7. The minimum absolute atomic E-state index is 0.316. The number of aromatic nitrogens is 1. The number of para-hydroxylation sites is 1. The summed E-state index contributed by atoms with van der Waals surface area (Å²) in [5.74, 6) is -0.383. The monoisotopic (exact) mass is 311 g/mol. The van der Waals surface area contributed by atoms with Crippen molar-refractivity contribution in [3.63, 3.8) is 0 Å². The van der Waals surface area contributed by atoms with Crippen LogP contribution < -0.4 is 15.4 Å². The Balaban J connectivity index is 1.88. The van der Waals surface area contributed by atoms with E-state index in [1.54, 1.807) is 24.4 Å². The summed E-state index contributed by atoms with van der Waals surface area (Å²) in [5.41, 5.74) is 0.00834. The Morgan fingerprint density at radius 3 is 2.87 bits per heavy atom. The molecule has 0 saturated heterocycles. The van der Waals surface area contributed by atoms with Crippen LogP contribution in [0.15, 0.2) is 42.6 Å². The molecule has 2 heterocycles. The second kappa shape index (κ2) is 5.72. The largest absolute Gasteiger partial charge is 0.464 e. The second-order valence-electron chi connectivity index (χ2n) is 5.40. The van der Waals surface area contributed by atoms with Crippen LogP contribution in [0.25, 0.3) is 0 Å². The maximum Gasteiger partial charge on any atom is 0.279 e. The number of ether oxygens (including phenoxy) is 1. The summed E-state index contributed by atoms with van der Waals surface area (Å²) in [6.07, 6.45) is 2.32. The van der Waals surface area contributed by atoms with E-state index in [-0.39, 0.29) is 0 Å². The molecule has 0 spiro atoms. The van der Waals surface area contributed by atoms with Gasteiger partial charge in [-0.1, -0.05) is 25.1 Å². The van der Waals surface area contributed by atoms with Crippen LogP contribution in [0.4, 0.5) is 11.5 Å². The number of fused-ring (bicyclic) bond motifs is 1. The number of nitrogens with one attached hydrogen (secondary N) is 2. The third-order valence-electron chi connectivity index (χ3n) is 3.83.